The summed E-state index contributed by atoms with van der Waals surface area (Å²) < 4.78 is 86.5. The van der Waals surface area contributed by atoms with Crippen molar-refractivity contribution >= 4 is 34.8 Å². The molecule has 5 aliphatic rings. The van der Waals surface area contributed by atoms with Gasteiger partial charge in [0.1, 0.15) is 11.1 Å². The van der Waals surface area contributed by atoms with E-state index in [1.807, 2.05) is 0 Å². The molecule has 5 heterocycles. The maximum absolute atomic E-state index is 13.6. The summed E-state index contributed by atoms with van der Waals surface area (Å²) in [5, 5.41) is 0. The molecular formula is C26H14F6N4O4. The number of allylic oxidation sites excluding steroid dienone is 10. The van der Waals surface area contributed by atoms with Crippen LogP contribution in [0.2, 0.25) is 0 Å². The van der Waals surface area contributed by atoms with Crippen molar-refractivity contribution in [2.75, 3.05) is 0 Å². The Balaban J connectivity index is 1.62. The second kappa shape index (κ2) is 10.7. The number of esters is 2. The van der Waals surface area contributed by atoms with Crippen LogP contribution in [0.15, 0.2) is 115 Å². The molecular weight excluding hydrogens is 546 g/mol. The van der Waals surface area contributed by atoms with Crippen LogP contribution in [0.3, 0.4) is 0 Å². The van der Waals surface area contributed by atoms with Crippen molar-refractivity contribution in [1.29, 1.82) is 0 Å². The normalized spacial score (nSPS) is 20.5. The number of hydrogen-bond acceptors (Lipinski definition) is 8. The molecule has 0 amide bonds. The molecule has 0 fully saturated rings. The van der Waals surface area contributed by atoms with Crippen LogP contribution in [0.1, 0.15) is 0 Å². The van der Waals surface area contributed by atoms with Crippen LogP contribution in [0, 0.1) is 0 Å². The molecule has 5 rings (SSSR count). The van der Waals surface area contributed by atoms with E-state index in [9.17, 15) is 35.9 Å². The summed E-state index contributed by atoms with van der Waals surface area (Å²) in [6, 6.07) is 0. The predicted molar refractivity (Wildman–Crippen MR) is 131 cm³/mol. The number of halogens is 6. The molecule has 204 valence electrons. The van der Waals surface area contributed by atoms with Crippen molar-refractivity contribution in [3.05, 3.63) is 94.7 Å². The number of fused-ring (bicyclic) bond motifs is 4. The lowest BCUT2D eigenvalue weighted by Crippen LogP contribution is -2.24. The van der Waals surface area contributed by atoms with E-state index in [0.717, 1.165) is 0 Å². The second-order valence-corrected chi connectivity index (χ2v) is 8.24. The van der Waals surface area contributed by atoms with Gasteiger partial charge >= 0.3 is 37.5 Å². The van der Waals surface area contributed by atoms with Gasteiger partial charge in [0.05, 0.1) is 45.6 Å². The van der Waals surface area contributed by atoms with Gasteiger partial charge in [-0.25, -0.2) is 47.1 Å². The first-order valence-corrected chi connectivity index (χ1v) is 11.4. The largest absolute Gasteiger partial charge is 0.421 e. The molecule has 40 heavy (non-hydrogen) atoms. The Labute approximate surface area is 220 Å². The maximum atomic E-state index is 13.6. The number of nitrogens with zero attached hydrogens (tertiary/aromatic N) is 4. The molecule has 0 aromatic heterocycles. The molecule has 14 heteroatoms. The van der Waals surface area contributed by atoms with E-state index in [2.05, 4.69) is 29.4 Å². The number of carbonyl (C=O) groups is 2. The molecule has 0 saturated carbocycles. The van der Waals surface area contributed by atoms with Crippen molar-refractivity contribution in [2.45, 2.75) is 25.6 Å². The Kier molecular flexibility index (Phi) is 7.15. The summed E-state index contributed by atoms with van der Waals surface area (Å²) in [7, 11) is 0. The number of aliphatic imine (C=N–C) groups is 4. The summed E-state index contributed by atoms with van der Waals surface area (Å²) in [4.78, 5) is 42.4. The van der Waals surface area contributed by atoms with Crippen LogP contribution in [0.4, 0.5) is 26.3 Å². The zero-order valence-corrected chi connectivity index (χ0v) is 19.8. The molecule has 2 atom stereocenters. The summed E-state index contributed by atoms with van der Waals surface area (Å²) >= 11 is 0. The van der Waals surface area contributed by atoms with E-state index < -0.39 is 37.5 Å². The molecule has 0 saturated heterocycles. The van der Waals surface area contributed by atoms with Crippen LogP contribution in [-0.2, 0) is 19.1 Å². The lowest BCUT2D eigenvalue weighted by Gasteiger charge is -2.12. The van der Waals surface area contributed by atoms with Crippen molar-refractivity contribution in [3.63, 3.8) is 0 Å². The van der Waals surface area contributed by atoms with E-state index in [-0.39, 0.29) is 56.8 Å². The van der Waals surface area contributed by atoms with E-state index >= 15 is 0 Å². The maximum Gasteiger partial charge on any atom is 0.345 e. The number of ether oxygens (including phenoxy) is 2. The third-order valence-electron chi connectivity index (χ3n) is 5.51. The van der Waals surface area contributed by atoms with Gasteiger partial charge in [0.15, 0.2) is 0 Å². The lowest BCUT2D eigenvalue weighted by atomic mass is 10.1. The first-order chi connectivity index (χ1) is 19.1. The quantitative estimate of drug-likeness (QED) is 0.352. The molecule has 0 spiro atoms. The van der Waals surface area contributed by atoms with Crippen LogP contribution in [0.25, 0.3) is 0 Å². The van der Waals surface area contributed by atoms with Gasteiger partial charge in [0.2, 0.25) is 0 Å². The highest BCUT2D eigenvalue weighted by molar-refractivity contribution is 6.29. The standard InChI is InChI=1S/C26H14F6N4O4/c27-21(28)23(31)39-25(37)19-15-5-1-11(33-15)9-12-2-6-17(34-12)20(26(38)40-24(32)22(29)30)18-8-4-14(36-18)10-13-3-7-16(19)35-13/h1-10,21-24H. The number of rotatable bonds is 6. The van der Waals surface area contributed by atoms with Gasteiger partial charge in [-0.1, -0.05) is 0 Å². The third kappa shape index (κ3) is 5.46. The fourth-order valence-corrected chi connectivity index (χ4v) is 3.80. The molecule has 0 radical (unpaired) electrons. The zero-order chi connectivity index (χ0) is 28.6. The molecule has 0 aliphatic carbocycles. The first-order valence-electron chi connectivity index (χ1n) is 11.4. The summed E-state index contributed by atoms with van der Waals surface area (Å²) in [5.41, 5.74) is -0.167. The van der Waals surface area contributed by atoms with Crippen LogP contribution in [0.5, 0.6) is 0 Å². The monoisotopic (exact) mass is 560 g/mol. The molecule has 0 aromatic rings. The Morgan fingerprint density at radius 1 is 0.550 bits per heavy atom. The summed E-state index contributed by atoms with van der Waals surface area (Å²) in [6.07, 6.45) is 0.471. The summed E-state index contributed by atoms with van der Waals surface area (Å²) in [6.45, 7) is 0. The van der Waals surface area contributed by atoms with Crippen LogP contribution < -0.4 is 0 Å². The van der Waals surface area contributed by atoms with Gasteiger partial charge in [-0.3, -0.25) is 0 Å². The smallest absolute Gasteiger partial charge is 0.345 e. The summed E-state index contributed by atoms with van der Waals surface area (Å²) in [5.74, 6) is -2.84. The van der Waals surface area contributed by atoms with E-state index in [0.29, 0.717) is 0 Å². The minimum atomic E-state index is -3.57. The van der Waals surface area contributed by atoms with Crippen molar-refractivity contribution in [3.8, 4) is 0 Å². The first kappa shape index (κ1) is 26.7. The average molecular weight is 560 g/mol. The molecule has 0 N–H and O–H groups in total. The Bertz CT molecular complexity index is 1450. The van der Waals surface area contributed by atoms with Gasteiger partial charge in [0.25, 0.3) is 0 Å². The number of alkyl halides is 6. The molecule has 5 aliphatic heterocycles. The van der Waals surface area contributed by atoms with Gasteiger partial charge in [-0.15, -0.1) is 0 Å². The highest BCUT2D eigenvalue weighted by Gasteiger charge is 2.32. The molecule has 8 bridgehead atoms. The van der Waals surface area contributed by atoms with Crippen molar-refractivity contribution < 1.29 is 45.4 Å². The fraction of sp³-hybridized carbons (Fsp3) is 0.154. The van der Waals surface area contributed by atoms with Crippen molar-refractivity contribution in [2.24, 2.45) is 20.0 Å². The predicted octanol–water partition coefficient (Wildman–Crippen LogP) is 4.53. The van der Waals surface area contributed by atoms with E-state index in [1.165, 1.54) is 60.8 Å². The highest BCUT2D eigenvalue weighted by atomic mass is 19.3. The minimum Gasteiger partial charge on any atom is -0.421 e. The van der Waals surface area contributed by atoms with E-state index in [4.69, 9.17) is 0 Å². The molecule has 8 nitrogen and oxygen atoms in total. The average Bonchev–Trinajstić information content (AvgIpc) is 3.70. The van der Waals surface area contributed by atoms with E-state index in [1.54, 1.807) is 0 Å². The highest BCUT2D eigenvalue weighted by Crippen LogP contribution is 2.28. The van der Waals surface area contributed by atoms with Gasteiger partial charge < -0.3 is 9.47 Å². The lowest BCUT2D eigenvalue weighted by molar-refractivity contribution is -0.169. The Morgan fingerprint density at radius 3 is 1.32 bits per heavy atom. The SMILES string of the molecule is O=C(OC(F)C(F)F)C1=C2C=CC(=N2)C=C2C=CC(=N2)C(C(=O)OC(F)C(F)F)=C2C=CC(=N2)C=C2C=CC1=N2. The number of hydrogen-bond donors (Lipinski definition) is 0. The van der Waals surface area contributed by atoms with Crippen LogP contribution >= 0.6 is 0 Å². The van der Waals surface area contributed by atoms with Gasteiger partial charge in [0, 0.05) is 0 Å². The van der Waals surface area contributed by atoms with Gasteiger partial charge in [-0.2, -0.15) is 8.78 Å². The zero-order valence-electron chi connectivity index (χ0n) is 19.8. The Morgan fingerprint density at radius 2 is 0.950 bits per heavy atom. The second-order valence-electron chi connectivity index (χ2n) is 8.24. The minimum absolute atomic E-state index is 0.0632. The topological polar surface area (TPSA) is 102 Å². The fourth-order valence-electron chi connectivity index (χ4n) is 3.80. The van der Waals surface area contributed by atoms with Gasteiger partial charge in [-0.05, 0) is 60.8 Å². The molecule has 2 unspecified atom stereocenters. The van der Waals surface area contributed by atoms with Crippen LogP contribution in [-0.4, -0.2) is 60.4 Å². The van der Waals surface area contributed by atoms with Crippen molar-refractivity contribution in [1.82, 2.24) is 0 Å². The Hall–Kier alpha value is -4.88. The number of carbonyl (C=O) groups excluding carboxylic acids is 2. The third-order valence-corrected chi connectivity index (χ3v) is 5.51. The molecule has 0 aromatic carbocycles.